The quantitative estimate of drug-likeness (QED) is 0.730. The first-order chi connectivity index (χ1) is 10.7. The molecule has 0 bridgehead atoms. The van der Waals surface area contributed by atoms with E-state index in [4.69, 9.17) is 21.1 Å². The molecule has 1 fully saturated rings. The maximum absolute atomic E-state index is 12.5. The molecule has 130 valence electrons. The number of amides is 1. The van der Waals surface area contributed by atoms with Crippen LogP contribution in [0.25, 0.3) is 0 Å². The third-order valence-corrected chi connectivity index (χ3v) is 4.15. The third kappa shape index (κ3) is 5.84. The molecule has 0 spiro atoms. The van der Waals surface area contributed by atoms with Crippen LogP contribution in [0.5, 0.6) is 5.75 Å². The predicted molar refractivity (Wildman–Crippen MR) is 93.6 cm³/mol. The van der Waals surface area contributed by atoms with Crippen LogP contribution in [0.15, 0.2) is 24.3 Å². The van der Waals surface area contributed by atoms with Crippen molar-refractivity contribution in [3.8, 4) is 5.75 Å². The highest BCUT2D eigenvalue weighted by atomic mass is 35.5. The zero-order valence-electron chi connectivity index (χ0n) is 13.3. The Labute approximate surface area is 148 Å². The number of piperidine rings is 1. The summed E-state index contributed by atoms with van der Waals surface area (Å²) < 4.78 is 10.8. The van der Waals surface area contributed by atoms with Gasteiger partial charge in [0.25, 0.3) is 0 Å². The van der Waals surface area contributed by atoms with Crippen LogP contribution in [0.2, 0.25) is 5.02 Å². The van der Waals surface area contributed by atoms with Crippen LogP contribution in [0, 0.1) is 5.41 Å². The Kier molecular flexibility index (Phi) is 8.69. The Morgan fingerprint density at radius 1 is 1.39 bits per heavy atom. The molecule has 1 heterocycles. The van der Waals surface area contributed by atoms with Crippen LogP contribution < -0.4 is 15.4 Å². The fourth-order valence-corrected chi connectivity index (χ4v) is 2.88. The highest BCUT2D eigenvalue weighted by Crippen LogP contribution is 2.29. The molecule has 0 aromatic heterocycles. The van der Waals surface area contributed by atoms with E-state index in [1.54, 1.807) is 19.2 Å². The first-order valence-corrected chi connectivity index (χ1v) is 7.90. The first-order valence-electron chi connectivity index (χ1n) is 7.53. The molecule has 1 aromatic rings. The maximum Gasteiger partial charge on any atom is 0.228 e. The monoisotopic (exact) mass is 362 g/mol. The van der Waals surface area contributed by atoms with E-state index in [2.05, 4.69) is 10.6 Å². The lowest BCUT2D eigenvalue weighted by Gasteiger charge is -2.35. The Hall–Kier alpha value is -1.01. The molecule has 0 saturated carbocycles. The van der Waals surface area contributed by atoms with Crippen molar-refractivity contribution in [3.05, 3.63) is 29.3 Å². The van der Waals surface area contributed by atoms with Crippen molar-refractivity contribution in [1.29, 1.82) is 0 Å². The van der Waals surface area contributed by atoms with Crippen LogP contribution >= 0.6 is 24.0 Å². The summed E-state index contributed by atoms with van der Waals surface area (Å²) >= 11 is 5.89. The summed E-state index contributed by atoms with van der Waals surface area (Å²) in [6.45, 7) is 3.01. The molecule has 1 aromatic carbocycles. The molecular weight excluding hydrogens is 339 g/mol. The molecule has 0 aliphatic carbocycles. The average Bonchev–Trinajstić information content (AvgIpc) is 2.52. The van der Waals surface area contributed by atoms with E-state index < -0.39 is 5.41 Å². The van der Waals surface area contributed by atoms with Gasteiger partial charge in [0, 0.05) is 12.1 Å². The zero-order valence-corrected chi connectivity index (χ0v) is 14.8. The van der Waals surface area contributed by atoms with Gasteiger partial charge in [-0.2, -0.15) is 0 Å². The van der Waals surface area contributed by atoms with Gasteiger partial charge in [-0.1, -0.05) is 17.7 Å². The van der Waals surface area contributed by atoms with Gasteiger partial charge in [0.05, 0.1) is 18.6 Å². The van der Waals surface area contributed by atoms with Gasteiger partial charge in [0.1, 0.15) is 12.4 Å². The van der Waals surface area contributed by atoms with E-state index in [0.717, 1.165) is 25.9 Å². The van der Waals surface area contributed by atoms with Gasteiger partial charge in [-0.05, 0) is 44.1 Å². The summed E-state index contributed by atoms with van der Waals surface area (Å²) in [7, 11) is 1.64. The van der Waals surface area contributed by atoms with Crippen molar-refractivity contribution in [2.24, 2.45) is 5.41 Å². The topological polar surface area (TPSA) is 59.6 Å². The minimum Gasteiger partial charge on any atom is -0.492 e. The molecular formula is C16H24Cl2N2O3. The Bertz CT molecular complexity index is 488. The molecule has 0 atom stereocenters. The van der Waals surface area contributed by atoms with Crippen molar-refractivity contribution >= 4 is 29.9 Å². The molecule has 2 N–H and O–H groups in total. The highest BCUT2D eigenvalue weighted by Gasteiger charge is 2.39. The summed E-state index contributed by atoms with van der Waals surface area (Å²) in [6.07, 6.45) is 1.59. The number of ether oxygens (including phenoxy) is 2. The molecule has 1 saturated heterocycles. The number of methoxy groups -OCH3 is 1. The molecule has 0 radical (unpaired) electrons. The fourth-order valence-electron chi connectivity index (χ4n) is 2.70. The van der Waals surface area contributed by atoms with E-state index in [-0.39, 0.29) is 18.3 Å². The van der Waals surface area contributed by atoms with Crippen molar-refractivity contribution in [3.63, 3.8) is 0 Å². The van der Waals surface area contributed by atoms with Crippen LogP contribution in [0.1, 0.15) is 12.8 Å². The van der Waals surface area contributed by atoms with Gasteiger partial charge in [0.2, 0.25) is 5.91 Å². The summed E-state index contributed by atoms with van der Waals surface area (Å²) in [5.41, 5.74) is -0.421. The predicted octanol–water partition coefficient (Wildman–Crippen LogP) is 2.27. The molecule has 7 heteroatoms. The van der Waals surface area contributed by atoms with Gasteiger partial charge in [-0.3, -0.25) is 4.79 Å². The lowest BCUT2D eigenvalue weighted by atomic mass is 9.78. The normalized spacial score (nSPS) is 16.3. The van der Waals surface area contributed by atoms with Crippen LogP contribution in [-0.4, -0.2) is 45.9 Å². The lowest BCUT2D eigenvalue weighted by Crippen LogP contribution is -2.50. The van der Waals surface area contributed by atoms with Crippen LogP contribution in [0.4, 0.5) is 0 Å². The molecule has 1 aliphatic rings. The number of hydrogen-bond donors (Lipinski definition) is 2. The largest absolute Gasteiger partial charge is 0.492 e. The van der Waals surface area contributed by atoms with Crippen molar-refractivity contribution in [2.45, 2.75) is 12.8 Å². The molecule has 0 unspecified atom stereocenters. The maximum atomic E-state index is 12.5. The third-order valence-electron chi connectivity index (χ3n) is 3.92. The SMILES string of the molecule is COCC1(C(=O)NCCOc2cccc(Cl)c2)CCNCC1.Cl. The van der Waals surface area contributed by atoms with Gasteiger partial charge in [0.15, 0.2) is 0 Å². The van der Waals surface area contributed by atoms with E-state index in [0.29, 0.717) is 30.5 Å². The van der Waals surface area contributed by atoms with E-state index in [9.17, 15) is 4.79 Å². The van der Waals surface area contributed by atoms with Crippen molar-refractivity contribution in [1.82, 2.24) is 10.6 Å². The second-order valence-corrected chi connectivity index (χ2v) is 5.96. The number of benzene rings is 1. The summed E-state index contributed by atoms with van der Waals surface area (Å²) in [4.78, 5) is 12.5. The van der Waals surface area contributed by atoms with Crippen LogP contribution in [-0.2, 0) is 9.53 Å². The number of carbonyl (C=O) groups is 1. The molecule has 23 heavy (non-hydrogen) atoms. The van der Waals surface area contributed by atoms with Crippen LogP contribution in [0.3, 0.4) is 0 Å². The lowest BCUT2D eigenvalue weighted by molar-refractivity contribution is -0.136. The average molecular weight is 363 g/mol. The van der Waals surface area contributed by atoms with Gasteiger partial charge < -0.3 is 20.1 Å². The van der Waals surface area contributed by atoms with Crippen molar-refractivity contribution in [2.75, 3.05) is 40.0 Å². The number of hydrogen-bond acceptors (Lipinski definition) is 4. The Balaban J connectivity index is 0.00000264. The van der Waals surface area contributed by atoms with Gasteiger partial charge in [-0.15, -0.1) is 12.4 Å². The smallest absolute Gasteiger partial charge is 0.228 e. The minimum atomic E-state index is -0.421. The fraction of sp³-hybridized carbons (Fsp3) is 0.562. The Morgan fingerprint density at radius 3 is 2.78 bits per heavy atom. The second kappa shape index (κ2) is 9.98. The number of halogens is 2. The number of nitrogens with one attached hydrogen (secondary N) is 2. The van der Waals surface area contributed by atoms with Gasteiger partial charge >= 0.3 is 0 Å². The van der Waals surface area contributed by atoms with E-state index in [1.807, 2.05) is 12.1 Å². The number of rotatable bonds is 7. The van der Waals surface area contributed by atoms with Gasteiger partial charge in [-0.25, -0.2) is 0 Å². The Morgan fingerprint density at radius 2 is 2.13 bits per heavy atom. The highest BCUT2D eigenvalue weighted by molar-refractivity contribution is 6.30. The van der Waals surface area contributed by atoms with Crippen molar-refractivity contribution < 1.29 is 14.3 Å². The molecule has 2 rings (SSSR count). The summed E-state index contributed by atoms with van der Waals surface area (Å²) in [5.74, 6) is 0.751. The van der Waals surface area contributed by atoms with E-state index >= 15 is 0 Å². The van der Waals surface area contributed by atoms with E-state index in [1.165, 1.54) is 0 Å². The molecule has 5 nitrogen and oxygen atoms in total. The molecule has 1 aliphatic heterocycles. The number of carbonyl (C=O) groups excluding carboxylic acids is 1. The second-order valence-electron chi connectivity index (χ2n) is 5.53. The summed E-state index contributed by atoms with van der Waals surface area (Å²) in [6, 6.07) is 7.22. The first kappa shape index (κ1) is 20.0. The minimum absolute atomic E-state index is 0. The standard InChI is InChI=1S/C16H23ClN2O3.ClH/c1-21-12-16(5-7-18-8-6-16)15(20)19-9-10-22-14-4-2-3-13(17)11-14;/h2-4,11,18H,5-10,12H2,1H3,(H,19,20);1H. The zero-order chi connectivity index (χ0) is 15.8. The summed E-state index contributed by atoms with van der Waals surface area (Å²) in [5, 5.41) is 6.87. The molecule has 1 amide bonds.